The first-order chi connectivity index (χ1) is 11.3. The fourth-order valence-electron chi connectivity index (χ4n) is 3.57. The molecule has 0 fully saturated rings. The molecule has 0 aromatic heterocycles. The van der Waals surface area contributed by atoms with E-state index in [-0.39, 0.29) is 58.9 Å². The number of benzene rings is 2. The maximum absolute atomic E-state index is 3.74. The molecule has 1 aliphatic rings. The normalized spacial score (nSPS) is 14.1. The molecule has 0 saturated heterocycles. The van der Waals surface area contributed by atoms with Crippen LogP contribution in [0, 0.1) is 6.08 Å². The summed E-state index contributed by atoms with van der Waals surface area (Å²) in [4.78, 5) is 0. The van der Waals surface area contributed by atoms with Crippen LogP contribution in [0.3, 0.4) is 0 Å². The molecule has 1 atom stereocenters. The standard InChI is InChI=1S/C22H25Si.3ClH.Ti/c1-3-4-18-23(2,20-14-9-6-10-15-20)22-17-11-16-21(22)19-12-7-5-8-13-19;;;;/h5-10,12-16H,3-4,11,18H2,1-2H3;3*1H;/q-1;;;;+4/p-3. The van der Waals surface area contributed by atoms with Gasteiger partial charge in [0.1, 0.15) is 0 Å². The first-order valence-electron chi connectivity index (χ1n) is 8.68. The minimum atomic E-state index is -1.72. The predicted octanol–water partition coefficient (Wildman–Crippen LogP) is -3.46. The monoisotopic (exact) mass is 470 g/mol. The largest absolute Gasteiger partial charge is 4.00 e. The van der Waals surface area contributed by atoms with Crippen LogP contribution in [-0.4, -0.2) is 8.07 Å². The van der Waals surface area contributed by atoms with Crippen molar-refractivity contribution in [1.82, 2.24) is 0 Å². The molecule has 2 aromatic carbocycles. The van der Waals surface area contributed by atoms with Crippen molar-refractivity contribution in [3.63, 3.8) is 0 Å². The quantitative estimate of drug-likeness (QED) is 0.304. The maximum Gasteiger partial charge on any atom is 4.00 e. The molecular weight excluding hydrogens is 447 g/mol. The summed E-state index contributed by atoms with van der Waals surface area (Å²) in [5, 5.41) is 3.06. The molecule has 0 N–H and O–H groups in total. The second-order valence-electron chi connectivity index (χ2n) is 6.54. The zero-order valence-electron chi connectivity index (χ0n) is 15.8. The molecule has 3 rings (SSSR count). The molecule has 1 unspecified atom stereocenters. The Bertz CT molecular complexity index is 717. The predicted molar refractivity (Wildman–Crippen MR) is 103 cm³/mol. The van der Waals surface area contributed by atoms with E-state index in [0.29, 0.717) is 0 Å². The van der Waals surface area contributed by atoms with Gasteiger partial charge in [0.05, 0.1) is 8.07 Å². The average Bonchev–Trinajstić information content (AvgIpc) is 3.11. The van der Waals surface area contributed by atoms with Crippen LogP contribution in [0.2, 0.25) is 12.6 Å². The van der Waals surface area contributed by atoms with Crippen molar-refractivity contribution < 1.29 is 58.9 Å². The van der Waals surface area contributed by atoms with E-state index < -0.39 is 8.07 Å². The van der Waals surface area contributed by atoms with Crippen molar-refractivity contribution in [2.45, 2.75) is 38.8 Å². The van der Waals surface area contributed by atoms with Gasteiger partial charge in [-0.1, -0.05) is 98.2 Å². The summed E-state index contributed by atoms with van der Waals surface area (Å²) in [7, 11) is -1.72. The molecule has 142 valence electrons. The second-order valence-corrected chi connectivity index (χ2v) is 10.8. The van der Waals surface area contributed by atoms with Crippen molar-refractivity contribution in [2.24, 2.45) is 0 Å². The summed E-state index contributed by atoms with van der Waals surface area (Å²) in [6.07, 6.45) is 9.62. The van der Waals surface area contributed by atoms with Crippen LogP contribution < -0.4 is 42.4 Å². The molecule has 0 bridgehead atoms. The number of hydrogen-bond acceptors (Lipinski definition) is 0. The Balaban J connectivity index is 0. The Morgan fingerprint density at radius 2 is 1.44 bits per heavy atom. The summed E-state index contributed by atoms with van der Waals surface area (Å²) in [5.74, 6) is 0. The molecule has 0 radical (unpaired) electrons. The number of allylic oxidation sites excluding steroid dienone is 4. The van der Waals surface area contributed by atoms with Gasteiger partial charge in [0, 0.05) is 0 Å². The molecule has 0 saturated carbocycles. The van der Waals surface area contributed by atoms with Gasteiger partial charge in [-0.05, 0) is 0 Å². The molecule has 0 heterocycles. The first kappa shape index (κ1) is 28.9. The van der Waals surface area contributed by atoms with Gasteiger partial charge < -0.3 is 37.2 Å². The smallest absolute Gasteiger partial charge is 1.00 e. The van der Waals surface area contributed by atoms with E-state index in [1.165, 1.54) is 35.2 Å². The van der Waals surface area contributed by atoms with E-state index in [2.05, 4.69) is 86.3 Å². The van der Waals surface area contributed by atoms with Crippen LogP contribution in [0.15, 0.2) is 71.9 Å². The van der Waals surface area contributed by atoms with Gasteiger partial charge in [-0.15, -0.1) is 12.0 Å². The molecule has 0 amide bonds. The summed E-state index contributed by atoms with van der Waals surface area (Å²) >= 11 is 0. The SMILES string of the molecule is CCCC[Si](C)(C1=[C-]CC=C1c1ccccc1)c1ccccc1.[Cl-].[Cl-].[Cl-].[Ti+4]. The second kappa shape index (κ2) is 13.8. The van der Waals surface area contributed by atoms with E-state index in [9.17, 15) is 0 Å². The molecule has 27 heavy (non-hydrogen) atoms. The minimum absolute atomic E-state index is 0. The summed E-state index contributed by atoms with van der Waals surface area (Å²) in [6.45, 7) is 4.82. The molecule has 0 spiro atoms. The van der Waals surface area contributed by atoms with Gasteiger partial charge in [0.25, 0.3) is 0 Å². The van der Waals surface area contributed by atoms with E-state index in [4.69, 9.17) is 0 Å². The van der Waals surface area contributed by atoms with Gasteiger partial charge in [0.15, 0.2) is 0 Å². The topological polar surface area (TPSA) is 0 Å². The van der Waals surface area contributed by atoms with Gasteiger partial charge in [0.2, 0.25) is 0 Å². The molecular formula is C22H25Cl3SiTi. The molecule has 0 aliphatic heterocycles. The third-order valence-corrected chi connectivity index (χ3v) is 9.44. The van der Waals surface area contributed by atoms with Gasteiger partial charge in [-0.3, -0.25) is 6.08 Å². The van der Waals surface area contributed by atoms with Crippen LogP contribution in [0.25, 0.3) is 5.57 Å². The van der Waals surface area contributed by atoms with Crippen LogP contribution in [-0.2, 0) is 21.7 Å². The number of unbranched alkanes of at least 4 members (excludes halogenated alkanes) is 1. The molecule has 2 aromatic rings. The Morgan fingerprint density at radius 1 is 0.889 bits per heavy atom. The molecule has 5 heteroatoms. The molecule has 0 nitrogen and oxygen atoms in total. The first-order valence-corrected chi connectivity index (χ1v) is 11.4. The third kappa shape index (κ3) is 6.63. The fraction of sp³-hybridized carbons (Fsp3) is 0.273. The van der Waals surface area contributed by atoms with Crippen molar-refractivity contribution >= 4 is 18.8 Å². The van der Waals surface area contributed by atoms with Crippen molar-refractivity contribution in [3.05, 3.63) is 83.6 Å². The summed E-state index contributed by atoms with van der Waals surface area (Å²) in [6, 6.07) is 23.3. The van der Waals surface area contributed by atoms with Crippen molar-refractivity contribution in [1.29, 1.82) is 0 Å². The van der Waals surface area contributed by atoms with Crippen LogP contribution in [0.1, 0.15) is 31.7 Å². The molecule has 1 aliphatic carbocycles. The van der Waals surface area contributed by atoms with E-state index in [0.717, 1.165) is 6.42 Å². The zero-order valence-corrected chi connectivity index (χ0v) is 20.6. The van der Waals surface area contributed by atoms with E-state index >= 15 is 0 Å². The number of rotatable bonds is 6. The third-order valence-electron chi connectivity index (χ3n) is 4.93. The van der Waals surface area contributed by atoms with Gasteiger partial charge in [-0.2, -0.15) is 11.6 Å². The van der Waals surface area contributed by atoms with Gasteiger partial charge >= 0.3 is 21.7 Å². The summed E-state index contributed by atoms with van der Waals surface area (Å²) in [5.41, 5.74) is 2.78. The maximum atomic E-state index is 3.74. The Labute approximate surface area is 199 Å². The van der Waals surface area contributed by atoms with Crippen LogP contribution in [0.4, 0.5) is 0 Å². The van der Waals surface area contributed by atoms with Crippen LogP contribution >= 0.6 is 0 Å². The average molecular weight is 472 g/mol. The summed E-state index contributed by atoms with van der Waals surface area (Å²) < 4.78 is 0. The zero-order chi connectivity index (χ0) is 16.1. The van der Waals surface area contributed by atoms with Crippen molar-refractivity contribution in [2.75, 3.05) is 0 Å². The van der Waals surface area contributed by atoms with Crippen molar-refractivity contribution in [3.8, 4) is 0 Å². The van der Waals surface area contributed by atoms with Crippen LogP contribution in [0.5, 0.6) is 0 Å². The fourth-order valence-corrected chi connectivity index (χ4v) is 7.72. The van der Waals surface area contributed by atoms with E-state index in [1.54, 1.807) is 5.19 Å². The minimum Gasteiger partial charge on any atom is -1.00 e. The number of hydrogen-bond donors (Lipinski definition) is 0. The Morgan fingerprint density at radius 3 is 2.00 bits per heavy atom. The van der Waals surface area contributed by atoms with E-state index in [1.807, 2.05) is 0 Å². The van der Waals surface area contributed by atoms with Gasteiger partial charge in [-0.25, -0.2) is 5.20 Å². The number of halogens is 3. The Kier molecular flexibility index (Phi) is 14.8. The Hall–Kier alpha value is -0.279.